The number of pyridine rings is 1. The maximum absolute atomic E-state index is 11.3. The van der Waals surface area contributed by atoms with Gasteiger partial charge in [-0.1, -0.05) is 0 Å². The smallest absolute Gasteiger partial charge is 0.170 e. The molecule has 1 aliphatic rings. The Hall–Kier alpha value is -1.72. The van der Waals surface area contributed by atoms with E-state index in [-0.39, 0.29) is 6.10 Å². The second kappa shape index (κ2) is 5.34. The molecule has 1 saturated heterocycles. The Bertz CT molecular complexity index is 635. The molecule has 5 nitrogen and oxygen atoms in total. The minimum Gasteiger partial charge on any atom is -0.375 e. The number of aldehydes is 1. The van der Waals surface area contributed by atoms with Crippen molar-refractivity contribution in [1.82, 2.24) is 14.3 Å². The van der Waals surface area contributed by atoms with Gasteiger partial charge in [0.05, 0.1) is 18.4 Å². The van der Waals surface area contributed by atoms with Crippen LogP contribution in [-0.4, -0.2) is 53.4 Å². The van der Waals surface area contributed by atoms with Crippen molar-refractivity contribution in [1.29, 1.82) is 0 Å². The van der Waals surface area contributed by atoms with E-state index in [1.54, 1.807) is 0 Å². The van der Waals surface area contributed by atoms with Gasteiger partial charge in [0, 0.05) is 25.7 Å². The van der Waals surface area contributed by atoms with E-state index in [2.05, 4.69) is 16.9 Å². The highest BCUT2D eigenvalue weighted by Crippen LogP contribution is 2.17. The molecule has 0 aliphatic carbocycles. The molecule has 0 amide bonds. The maximum Gasteiger partial charge on any atom is 0.170 e. The van der Waals surface area contributed by atoms with E-state index in [0.717, 1.165) is 42.9 Å². The van der Waals surface area contributed by atoms with Crippen LogP contribution in [0.25, 0.3) is 5.65 Å². The van der Waals surface area contributed by atoms with Crippen LogP contribution in [0.5, 0.6) is 0 Å². The van der Waals surface area contributed by atoms with E-state index in [1.165, 1.54) is 0 Å². The number of carbonyl (C=O) groups excluding carboxylic acids is 1. The SMILES string of the molecule is Cc1ccn2c(CC3CN(C)CCO3)c(C=O)nc2c1. The minimum atomic E-state index is 0.119. The topological polar surface area (TPSA) is 46.8 Å². The van der Waals surface area contributed by atoms with Crippen molar-refractivity contribution in [2.45, 2.75) is 19.4 Å². The Kier molecular flexibility index (Phi) is 3.54. The molecule has 3 rings (SSSR count). The zero-order valence-electron chi connectivity index (χ0n) is 11.9. The van der Waals surface area contributed by atoms with Crippen molar-refractivity contribution in [2.24, 2.45) is 0 Å². The third-order valence-electron chi connectivity index (χ3n) is 3.79. The largest absolute Gasteiger partial charge is 0.375 e. The van der Waals surface area contributed by atoms with Crippen LogP contribution in [0.4, 0.5) is 0 Å². The van der Waals surface area contributed by atoms with Crippen molar-refractivity contribution in [3.8, 4) is 0 Å². The number of hydrogen-bond acceptors (Lipinski definition) is 4. The highest BCUT2D eigenvalue weighted by molar-refractivity contribution is 5.76. The zero-order chi connectivity index (χ0) is 14.1. The Morgan fingerprint density at radius 3 is 3.15 bits per heavy atom. The van der Waals surface area contributed by atoms with Crippen LogP contribution >= 0.6 is 0 Å². The van der Waals surface area contributed by atoms with Crippen LogP contribution in [-0.2, 0) is 11.2 Å². The lowest BCUT2D eigenvalue weighted by Gasteiger charge is -2.30. The zero-order valence-corrected chi connectivity index (χ0v) is 11.9. The number of carbonyl (C=O) groups is 1. The standard InChI is InChI=1S/C15H19N3O2/c1-11-3-4-18-14(13(10-19)16-15(18)7-11)8-12-9-17(2)5-6-20-12/h3-4,7,10,12H,5-6,8-9H2,1-2H3. The molecule has 1 fully saturated rings. The van der Waals surface area contributed by atoms with Crippen molar-refractivity contribution in [2.75, 3.05) is 26.7 Å². The molecule has 0 N–H and O–H groups in total. The number of rotatable bonds is 3. The summed E-state index contributed by atoms with van der Waals surface area (Å²) in [5.74, 6) is 0. The molecule has 3 heterocycles. The Labute approximate surface area is 118 Å². The first-order valence-corrected chi connectivity index (χ1v) is 6.90. The van der Waals surface area contributed by atoms with Crippen LogP contribution < -0.4 is 0 Å². The van der Waals surface area contributed by atoms with Gasteiger partial charge in [0.2, 0.25) is 0 Å². The average molecular weight is 273 g/mol. The third kappa shape index (κ3) is 2.46. The van der Waals surface area contributed by atoms with Gasteiger partial charge >= 0.3 is 0 Å². The summed E-state index contributed by atoms with van der Waals surface area (Å²) in [5.41, 5.74) is 3.43. The summed E-state index contributed by atoms with van der Waals surface area (Å²) in [5, 5.41) is 0. The van der Waals surface area contributed by atoms with Gasteiger partial charge in [-0.15, -0.1) is 0 Å². The molecule has 106 valence electrons. The molecule has 0 radical (unpaired) electrons. The van der Waals surface area contributed by atoms with E-state index in [0.29, 0.717) is 12.1 Å². The van der Waals surface area contributed by atoms with Gasteiger partial charge in [-0.25, -0.2) is 4.98 Å². The Morgan fingerprint density at radius 1 is 1.55 bits per heavy atom. The number of fused-ring (bicyclic) bond motifs is 1. The van der Waals surface area contributed by atoms with Gasteiger partial charge in [-0.3, -0.25) is 4.79 Å². The number of imidazole rings is 1. The number of hydrogen-bond donors (Lipinski definition) is 0. The second-order valence-corrected chi connectivity index (χ2v) is 5.45. The summed E-state index contributed by atoms with van der Waals surface area (Å²) < 4.78 is 7.79. The van der Waals surface area contributed by atoms with E-state index in [4.69, 9.17) is 4.74 Å². The molecule has 1 aliphatic heterocycles. The van der Waals surface area contributed by atoms with E-state index in [1.807, 2.05) is 29.7 Å². The van der Waals surface area contributed by atoms with Crippen LogP contribution in [0.3, 0.4) is 0 Å². The van der Waals surface area contributed by atoms with Gasteiger partial charge in [0.15, 0.2) is 6.29 Å². The lowest BCUT2D eigenvalue weighted by Crippen LogP contribution is -2.41. The molecule has 1 unspecified atom stereocenters. The summed E-state index contributed by atoms with van der Waals surface area (Å²) >= 11 is 0. The number of aryl methyl sites for hydroxylation is 1. The lowest BCUT2D eigenvalue weighted by atomic mass is 10.1. The van der Waals surface area contributed by atoms with Gasteiger partial charge < -0.3 is 14.0 Å². The number of nitrogens with zero attached hydrogens (tertiary/aromatic N) is 3. The summed E-state index contributed by atoms with van der Waals surface area (Å²) in [6, 6.07) is 4.02. The first-order chi connectivity index (χ1) is 9.67. The van der Waals surface area contributed by atoms with E-state index in [9.17, 15) is 4.79 Å². The first kappa shape index (κ1) is 13.3. The molecule has 0 bridgehead atoms. The van der Waals surface area contributed by atoms with Gasteiger partial charge in [0.1, 0.15) is 11.3 Å². The van der Waals surface area contributed by atoms with Crippen molar-refractivity contribution in [3.63, 3.8) is 0 Å². The molecule has 20 heavy (non-hydrogen) atoms. The van der Waals surface area contributed by atoms with Crippen molar-refractivity contribution < 1.29 is 9.53 Å². The highest BCUT2D eigenvalue weighted by Gasteiger charge is 2.22. The third-order valence-corrected chi connectivity index (χ3v) is 3.79. The molecule has 0 aromatic carbocycles. The number of morpholine rings is 1. The molecule has 2 aromatic heterocycles. The monoisotopic (exact) mass is 273 g/mol. The molecule has 1 atom stereocenters. The first-order valence-electron chi connectivity index (χ1n) is 6.90. The number of likely N-dealkylation sites (N-methyl/N-ethyl adjacent to an activating group) is 1. The highest BCUT2D eigenvalue weighted by atomic mass is 16.5. The van der Waals surface area contributed by atoms with E-state index < -0.39 is 0 Å². The fraction of sp³-hybridized carbons (Fsp3) is 0.467. The molecule has 2 aromatic rings. The van der Waals surface area contributed by atoms with Crippen LogP contribution in [0.2, 0.25) is 0 Å². The van der Waals surface area contributed by atoms with Crippen molar-refractivity contribution >= 4 is 11.9 Å². The summed E-state index contributed by atoms with van der Waals surface area (Å²) in [4.78, 5) is 17.9. The van der Waals surface area contributed by atoms with Crippen LogP contribution in [0.1, 0.15) is 21.7 Å². The number of aromatic nitrogens is 2. The molecule has 5 heteroatoms. The van der Waals surface area contributed by atoms with Gasteiger partial charge in [-0.2, -0.15) is 0 Å². The fourth-order valence-corrected chi connectivity index (χ4v) is 2.72. The fourth-order valence-electron chi connectivity index (χ4n) is 2.72. The molecular weight excluding hydrogens is 254 g/mol. The molecule has 0 spiro atoms. The summed E-state index contributed by atoms with van der Waals surface area (Å²) in [7, 11) is 2.09. The Balaban J connectivity index is 1.95. The lowest BCUT2D eigenvalue weighted by molar-refractivity contribution is -0.0191. The molecular formula is C15H19N3O2. The summed E-state index contributed by atoms with van der Waals surface area (Å²) in [6.45, 7) is 4.61. The quantitative estimate of drug-likeness (QED) is 0.792. The van der Waals surface area contributed by atoms with Crippen LogP contribution in [0, 0.1) is 6.92 Å². The van der Waals surface area contributed by atoms with Gasteiger partial charge in [-0.05, 0) is 31.7 Å². The second-order valence-electron chi connectivity index (χ2n) is 5.45. The maximum atomic E-state index is 11.3. The van der Waals surface area contributed by atoms with E-state index >= 15 is 0 Å². The minimum absolute atomic E-state index is 0.119. The van der Waals surface area contributed by atoms with Crippen molar-refractivity contribution in [3.05, 3.63) is 35.3 Å². The van der Waals surface area contributed by atoms with Gasteiger partial charge in [0.25, 0.3) is 0 Å². The predicted octanol–water partition coefficient (Wildman–Crippen LogP) is 1.33. The number of ether oxygens (including phenoxy) is 1. The Morgan fingerprint density at radius 2 is 2.40 bits per heavy atom. The predicted molar refractivity (Wildman–Crippen MR) is 76.3 cm³/mol. The average Bonchev–Trinajstić information content (AvgIpc) is 2.76. The normalized spacial score (nSPS) is 20.4. The summed E-state index contributed by atoms with van der Waals surface area (Å²) in [6.07, 6.45) is 3.65. The van der Waals surface area contributed by atoms with Crippen LogP contribution in [0.15, 0.2) is 18.3 Å². The molecule has 0 saturated carbocycles.